The minimum atomic E-state index is 0.874. The van der Waals surface area contributed by atoms with Gasteiger partial charge in [-0.05, 0) is 37.4 Å². The summed E-state index contributed by atoms with van der Waals surface area (Å²) in [6.45, 7) is 4.05. The van der Waals surface area contributed by atoms with E-state index < -0.39 is 0 Å². The first-order chi connectivity index (χ1) is 15.3. The highest BCUT2D eigenvalue weighted by Gasteiger charge is 2.20. The van der Waals surface area contributed by atoms with Gasteiger partial charge in [0.25, 0.3) is 0 Å². The SMILES string of the molecule is CN1CCN(c2nccc3[nH]c(-c4n[nH]c5cnc(-c6cccnc6)cc45)cc23)CC1. The highest BCUT2D eigenvalue weighted by atomic mass is 15.3. The summed E-state index contributed by atoms with van der Waals surface area (Å²) in [6, 6.07) is 10.2. The number of hydrogen-bond acceptors (Lipinski definition) is 6. The van der Waals surface area contributed by atoms with Crippen LogP contribution >= 0.6 is 0 Å². The van der Waals surface area contributed by atoms with Gasteiger partial charge in [0.1, 0.15) is 11.5 Å². The molecular weight excluding hydrogens is 388 g/mol. The largest absolute Gasteiger partial charge is 0.353 e. The highest BCUT2D eigenvalue weighted by Crippen LogP contribution is 2.33. The van der Waals surface area contributed by atoms with E-state index in [0.717, 1.165) is 76.4 Å². The third kappa shape index (κ3) is 3.12. The number of aromatic amines is 2. The Morgan fingerprint density at radius 3 is 2.65 bits per heavy atom. The van der Waals surface area contributed by atoms with Crippen LogP contribution in [0.15, 0.2) is 55.1 Å². The Labute approximate surface area is 179 Å². The number of fused-ring (bicyclic) bond motifs is 2. The summed E-state index contributed by atoms with van der Waals surface area (Å²) < 4.78 is 0. The number of pyridine rings is 3. The molecule has 5 aromatic rings. The van der Waals surface area contributed by atoms with E-state index in [1.807, 2.05) is 36.8 Å². The first-order valence-electron chi connectivity index (χ1n) is 10.4. The van der Waals surface area contributed by atoms with Gasteiger partial charge in [0.2, 0.25) is 0 Å². The van der Waals surface area contributed by atoms with Gasteiger partial charge in [-0.2, -0.15) is 5.10 Å². The zero-order valence-electron chi connectivity index (χ0n) is 17.2. The third-order valence-corrected chi connectivity index (χ3v) is 5.99. The number of anilines is 1. The van der Waals surface area contributed by atoms with E-state index in [-0.39, 0.29) is 0 Å². The molecule has 5 aromatic heterocycles. The van der Waals surface area contributed by atoms with Crippen LogP contribution in [-0.2, 0) is 0 Å². The molecule has 1 fully saturated rings. The van der Waals surface area contributed by atoms with Crippen LogP contribution < -0.4 is 4.90 Å². The summed E-state index contributed by atoms with van der Waals surface area (Å²) in [6.07, 6.45) is 7.30. The van der Waals surface area contributed by atoms with Crippen molar-refractivity contribution in [1.82, 2.24) is 35.0 Å². The van der Waals surface area contributed by atoms with Crippen molar-refractivity contribution in [2.45, 2.75) is 0 Å². The van der Waals surface area contributed by atoms with Crippen LogP contribution in [-0.4, -0.2) is 68.3 Å². The van der Waals surface area contributed by atoms with E-state index in [1.165, 1.54) is 0 Å². The predicted molar refractivity (Wildman–Crippen MR) is 122 cm³/mol. The Morgan fingerprint density at radius 1 is 0.903 bits per heavy atom. The van der Waals surface area contributed by atoms with Gasteiger partial charge < -0.3 is 14.8 Å². The zero-order valence-corrected chi connectivity index (χ0v) is 17.2. The molecule has 0 unspecified atom stereocenters. The van der Waals surface area contributed by atoms with Gasteiger partial charge in [-0.25, -0.2) is 4.98 Å². The van der Waals surface area contributed by atoms with Gasteiger partial charge in [-0.15, -0.1) is 0 Å². The number of hydrogen-bond donors (Lipinski definition) is 2. The number of H-pyrrole nitrogens is 2. The maximum atomic E-state index is 4.71. The molecule has 31 heavy (non-hydrogen) atoms. The smallest absolute Gasteiger partial charge is 0.138 e. The molecule has 2 N–H and O–H groups in total. The standard InChI is InChI=1S/C23H22N8/c1-30-7-9-31(10-8-30)23-17-12-20(27-18(17)4-6-25-23)22-16-11-19(15-3-2-5-24-13-15)26-14-21(16)28-29-22/h2-6,11-14,27H,7-10H2,1H3,(H,28,29). The number of rotatable bonds is 3. The van der Waals surface area contributed by atoms with Crippen molar-refractivity contribution >= 4 is 27.6 Å². The van der Waals surface area contributed by atoms with Crippen molar-refractivity contribution in [3.8, 4) is 22.6 Å². The summed E-state index contributed by atoms with van der Waals surface area (Å²) in [5, 5.41) is 9.86. The Kier molecular flexibility index (Phi) is 4.17. The van der Waals surface area contributed by atoms with Crippen molar-refractivity contribution in [2.75, 3.05) is 38.1 Å². The molecule has 0 radical (unpaired) electrons. The molecule has 8 heteroatoms. The van der Waals surface area contributed by atoms with Crippen molar-refractivity contribution < 1.29 is 0 Å². The van der Waals surface area contributed by atoms with E-state index in [0.29, 0.717) is 0 Å². The molecule has 0 spiro atoms. The molecule has 0 saturated carbocycles. The number of likely N-dealkylation sites (N-methyl/N-ethyl adjacent to an activating group) is 1. The fourth-order valence-electron chi connectivity index (χ4n) is 4.23. The van der Waals surface area contributed by atoms with E-state index in [2.05, 4.69) is 54.1 Å². The van der Waals surface area contributed by atoms with E-state index >= 15 is 0 Å². The first kappa shape index (κ1) is 18.0. The molecule has 0 aliphatic carbocycles. The number of nitrogens with one attached hydrogen (secondary N) is 2. The molecule has 6 heterocycles. The van der Waals surface area contributed by atoms with E-state index in [9.17, 15) is 0 Å². The van der Waals surface area contributed by atoms with Crippen LogP contribution in [0.3, 0.4) is 0 Å². The summed E-state index contributed by atoms with van der Waals surface area (Å²) in [5.74, 6) is 1.03. The Bertz CT molecular complexity index is 1360. The van der Waals surface area contributed by atoms with Gasteiger partial charge in [-0.3, -0.25) is 15.1 Å². The molecule has 0 aromatic carbocycles. The molecule has 0 atom stereocenters. The lowest BCUT2D eigenvalue weighted by atomic mass is 10.1. The minimum Gasteiger partial charge on any atom is -0.353 e. The minimum absolute atomic E-state index is 0.874. The molecule has 1 aliphatic heterocycles. The fraction of sp³-hybridized carbons (Fsp3) is 0.217. The average Bonchev–Trinajstić information content (AvgIpc) is 3.43. The van der Waals surface area contributed by atoms with Gasteiger partial charge in [0.05, 0.1) is 28.6 Å². The fourth-order valence-corrected chi connectivity index (χ4v) is 4.23. The van der Waals surface area contributed by atoms with Gasteiger partial charge in [-0.1, -0.05) is 0 Å². The predicted octanol–water partition coefficient (Wildman–Crippen LogP) is 3.32. The number of nitrogens with zero attached hydrogens (tertiary/aromatic N) is 6. The second-order valence-corrected chi connectivity index (χ2v) is 8.00. The van der Waals surface area contributed by atoms with E-state index in [1.54, 1.807) is 6.20 Å². The normalized spacial score (nSPS) is 15.2. The second-order valence-electron chi connectivity index (χ2n) is 8.00. The van der Waals surface area contributed by atoms with Crippen LogP contribution in [0, 0.1) is 0 Å². The van der Waals surface area contributed by atoms with E-state index in [4.69, 9.17) is 4.98 Å². The first-order valence-corrected chi connectivity index (χ1v) is 10.4. The molecule has 6 rings (SSSR count). The third-order valence-electron chi connectivity index (χ3n) is 5.99. The maximum absolute atomic E-state index is 4.71. The topological polar surface area (TPSA) is 89.6 Å². The Balaban J connectivity index is 1.44. The van der Waals surface area contributed by atoms with Crippen LogP contribution in [0.4, 0.5) is 5.82 Å². The maximum Gasteiger partial charge on any atom is 0.138 e. The van der Waals surface area contributed by atoms with Gasteiger partial charge in [0, 0.05) is 61.1 Å². The summed E-state index contributed by atoms with van der Waals surface area (Å²) in [4.78, 5) is 21.8. The lowest BCUT2D eigenvalue weighted by Crippen LogP contribution is -2.44. The summed E-state index contributed by atoms with van der Waals surface area (Å²) in [7, 11) is 2.16. The molecule has 0 amide bonds. The van der Waals surface area contributed by atoms with Gasteiger partial charge >= 0.3 is 0 Å². The van der Waals surface area contributed by atoms with Crippen LogP contribution in [0.2, 0.25) is 0 Å². The highest BCUT2D eigenvalue weighted by molar-refractivity contribution is 5.99. The molecule has 8 nitrogen and oxygen atoms in total. The van der Waals surface area contributed by atoms with Crippen molar-refractivity contribution in [2.24, 2.45) is 0 Å². The molecule has 1 aliphatic rings. The molecular formula is C23H22N8. The van der Waals surface area contributed by atoms with Crippen molar-refractivity contribution in [1.29, 1.82) is 0 Å². The second kappa shape index (κ2) is 7.17. The zero-order chi connectivity index (χ0) is 20.8. The Morgan fingerprint density at radius 2 is 1.81 bits per heavy atom. The number of aromatic nitrogens is 6. The average molecular weight is 410 g/mol. The molecule has 154 valence electrons. The van der Waals surface area contributed by atoms with Crippen LogP contribution in [0.25, 0.3) is 44.5 Å². The van der Waals surface area contributed by atoms with Crippen LogP contribution in [0.5, 0.6) is 0 Å². The van der Waals surface area contributed by atoms with Crippen LogP contribution in [0.1, 0.15) is 0 Å². The van der Waals surface area contributed by atoms with Crippen molar-refractivity contribution in [3.63, 3.8) is 0 Å². The summed E-state index contributed by atoms with van der Waals surface area (Å²) >= 11 is 0. The van der Waals surface area contributed by atoms with Gasteiger partial charge in [0.15, 0.2) is 0 Å². The monoisotopic (exact) mass is 410 g/mol. The molecule has 1 saturated heterocycles. The molecule has 0 bridgehead atoms. The Hall–Kier alpha value is -3.78. The summed E-state index contributed by atoms with van der Waals surface area (Å²) in [5.41, 5.74) is 5.67. The quantitative estimate of drug-likeness (QED) is 0.474. The van der Waals surface area contributed by atoms with Crippen molar-refractivity contribution in [3.05, 3.63) is 55.1 Å². The number of piperazine rings is 1. The lowest BCUT2D eigenvalue weighted by Gasteiger charge is -2.33. The lowest BCUT2D eigenvalue weighted by molar-refractivity contribution is 0.312.